The van der Waals surface area contributed by atoms with Crippen LogP contribution in [0.15, 0.2) is 15.8 Å². The Kier molecular flexibility index (Phi) is 5.15. The van der Waals surface area contributed by atoms with Crippen molar-refractivity contribution < 1.29 is 0 Å². The van der Waals surface area contributed by atoms with E-state index < -0.39 is 0 Å². The zero-order valence-electron chi connectivity index (χ0n) is 15.5. The number of likely N-dealkylation sites (N-methyl/N-ethyl adjacent to an activating group) is 1. The van der Waals surface area contributed by atoms with Crippen molar-refractivity contribution in [2.45, 2.75) is 26.3 Å². The van der Waals surface area contributed by atoms with Gasteiger partial charge in [-0.05, 0) is 27.9 Å². The van der Waals surface area contributed by atoms with Crippen molar-refractivity contribution in [3.8, 4) is 0 Å². The molecule has 0 aliphatic heterocycles. The van der Waals surface area contributed by atoms with Gasteiger partial charge < -0.3 is 9.47 Å². The van der Waals surface area contributed by atoms with E-state index in [9.17, 15) is 9.59 Å². The lowest BCUT2D eigenvalue weighted by Crippen LogP contribution is -2.37. The summed E-state index contributed by atoms with van der Waals surface area (Å²) in [6, 6.07) is 0.206. The molecule has 0 radical (unpaired) electrons. The van der Waals surface area contributed by atoms with E-state index in [2.05, 4.69) is 28.3 Å². The number of fused-ring (bicyclic) bond motifs is 3. The Hall–Kier alpha value is -2.06. The number of rotatable bonds is 4. The number of hydrogen-bond acceptors (Lipinski definition) is 4. The predicted octanol–water partition coefficient (Wildman–Crippen LogP) is 0.793. The summed E-state index contributed by atoms with van der Waals surface area (Å²) in [6.07, 6.45) is 2.84. The number of halogens is 1. The predicted molar refractivity (Wildman–Crippen MR) is 101 cm³/mol. The quantitative estimate of drug-likeness (QED) is 0.682. The summed E-state index contributed by atoms with van der Waals surface area (Å²) < 4.78 is 6.51. The molecule has 3 heterocycles. The minimum Gasteiger partial charge on any atom is -0.311 e. The van der Waals surface area contributed by atoms with Gasteiger partial charge in [0.05, 0.1) is 0 Å². The van der Waals surface area contributed by atoms with Crippen molar-refractivity contribution in [3.63, 3.8) is 0 Å². The van der Waals surface area contributed by atoms with Crippen molar-refractivity contribution in [1.82, 2.24) is 28.0 Å². The second-order valence-electron chi connectivity index (χ2n) is 6.80. The minimum atomic E-state index is -0.364. The summed E-state index contributed by atoms with van der Waals surface area (Å²) in [5.74, 6) is 0.701. The van der Waals surface area contributed by atoms with Crippen LogP contribution in [0.1, 0.15) is 25.6 Å². The SMILES string of the molecule is CC(C)n1c(CCN(C)C)cn2c3c(=O)n(C)c(=O)n(C)c3nc12.Cl. The molecule has 0 bridgehead atoms. The van der Waals surface area contributed by atoms with Crippen molar-refractivity contribution in [3.05, 3.63) is 32.7 Å². The molecule has 3 aromatic heterocycles. The highest BCUT2D eigenvalue weighted by molar-refractivity contribution is 5.85. The van der Waals surface area contributed by atoms with E-state index in [4.69, 9.17) is 0 Å². The van der Waals surface area contributed by atoms with Crippen LogP contribution in [0.2, 0.25) is 0 Å². The third-order valence-corrected chi connectivity index (χ3v) is 4.41. The Bertz CT molecular complexity index is 1040. The average molecular weight is 369 g/mol. The first kappa shape index (κ1) is 19.3. The molecule has 0 aromatic carbocycles. The number of aromatic nitrogens is 5. The second kappa shape index (κ2) is 6.68. The van der Waals surface area contributed by atoms with Gasteiger partial charge in [-0.1, -0.05) is 0 Å². The zero-order valence-corrected chi connectivity index (χ0v) is 16.3. The molecular weight excluding hydrogens is 344 g/mol. The molecule has 0 spiro atoms. The molecular formula is C16H25ClN6O2. The summed E-state index contributed by atoms with van der Waals surface area (Å²) in [4.78, 5) is 31.5. The Balaban J connectivity index is 0.00000225. The molecule has 0 N–H and O–H groups in total. The number of hydrogen-bond donors (Lipinski definition) is 0. The lowest BCUT2D eigenvalue weighted by atomic mass is 10.3. The van der Waals surface area contributed by atoms with Gasteiger partial charge in [0.15, 0.2) is 11.2 Å². The standard InChI is InChI=1S/C16H24N6O2.ClH/c1-10(2)22-11(7-8-18(3)4)9-21-12-13(17-15(21)22)19(5)16(24)20(6)14(12)23;/h9-10H,7-8H2,1-6H3;1H. The lowest BCUT2D eigenvalue weighted by molar-refractivity contribution is 0.406. The Morgan fingerprint density at radius 1 is 1.16 bits per heavy atom. The fraction of sp³-hybridized carbons (Fsp3) is 0.562. The number of imidazole rings is 2. The Labute approximate surface area is 151 Å². The smallest absolute Gasteiger partial charge is 0.311 e. The fourth-order valence-corrected chi connectivity index (χ4v) is 3.12. The fourth-order valence-electron chi connectivity index (χ4n) is 3.12. The molecule has 9 heteroatoms. The molecule has 25 heavy (non-hydrogen) atoms. The van der Waals surface area contributed by atoms with E-state index in [1.807, 2.05) is 24.7 Å². The summed E-state index contributed by atoms with van der Waals surface area (Å²) >= 11 is 0. The largest absolute Gasteiger partial charge is 0.332 e. The van der Waals surface area contributed by atoms with Crippen LogP contribution in [-0.2, 0) is 20.5 Å². The molecule has 0 fully saturated rings. The van der Waals surface area contributed by atoms with E-state index in [1.54, 1.807) is 7.05 Å². The van der Waals surface area contributed by atoms with Crippen molar-refractivity contribution in [2.24, 2.45) is 14.1 Å². The first-order valence-corrected chi connectivity index (χ1v) is 8.06. The van der Waals surface area contributed by atoms with E-state index in [-0.39, 0.29) is 29.7 Å². The average Bonchev–Trinajstić information content (AvgIpc) is 3.03. The van der Waals surface area contributed by atoms with Crippen LogP contribution < -0.4 is 11.2 Å². The summed E-state index contributed by atoms with van der Waals surface area (Å²) in [5.41, 5.74) is 1.31. The first-order valence-electron chi connectivity index (χ1n) is 8.06. The van der Waals surface area contributed by atoms with Crippen LogP contribution in [0.25, 0.3) is 16.9 Å². The van der Waals surface area contributed by atoms with Crippen LogP contribution >= 0.6 is 12.4 Å². The Morgan fingerprint density at radius 2 is 1.80 bits per heavy atom. The van der Waals surface area contributed by atoms with Gasteiger partial charge in [0.2, 0.25) is 5.78 Å². The summed E-state index contributed by atoms with van der Waals surface area (Å²) in [6.45, 7) is 5.10. The maximum absolute atomic E-state index is 12.6. The topological polar surface area (TPSA) is 69.5 Å². The van der Waals surface area contributed by atoms with Gasteiger partial charge in [0, 0.05) is 45.0 Å². The highest BCUT2D eigenvalue weighted by atomic mass is 35.5. The van der Waals surface area contributed by atoms with Crippen LogP contribution in [0.5, 0.6) is 0 Å². The first-order chi connectivity index (χ1) is 11.2. The maximum atomic E-state index is 12.6. The highest BCUT2D eigenvalue weighted by Crippen LogP contribution is 2.21. The summed E-state index contributed by atoms with van der Waals surface area (Å²) in [7, 11) is 7.21. The van der Waals surface area contributed by atoms with Crippen molar-refractivity contribution >= 4 is 29.3 Å². The van der Waals surface area contributed by atoms with Crippen LogP contribution in [0.3, 0.4) is 0 Å². The molecule has 8 nitrogen and oxygen atoms in total. The third kappa shape index (κ3) is 2.89. The van der Waals surface area contributed by atoms with Gasteiger partial charge in [0.1, 0.15) is 0 Å². The van der Waals surface area contributed by atoms with Gasteiger partial charge in [-0.2, -0.15) is 4.98 Å². The molecule has 0 aliphatic carbocycles. The van der Waals surface area contributed by atoms with E-state index in [1.165, 1.54) is 11.6 Å². The summed E-state index contributed by atoms with van der Waals surface area (Å²) in [5, 5.41) is 0. The molecule has 0 atom stereocenters. The third-order valence-electron chi connectivity index (χ3n) is 4.41. The molecule has 0 aliphatic rings. The van der Waals surface area contributed by atoms with Crippen molar-refractivity contribution in [2.75, 3.05) is 20.6 Å². The monoisotopic (exact) mass is 368 g/mol. The van der Waals surface area contributed by atoms with Crippen molar-refractivity contribution in [1.29, 1.82) is 0 Å². The lowest BCUT2D eigenvalue weighted by Gasteiger charge is -2.14. The van der Waals surface area contributed by atoms with Gasteiger partial charge in [-0.3, -0.25) is 18.3 Å². The molecule has 0 unspecified atom stereocenters. The van der Waals surface area contributed by atoms with E-state index in [0.29, 0.717) is 16.9 Å². The molecule has 0 saturated carbocycles. The highest BCUT2D eigenvalue weighted by Gasteiger charge is 2.21. The van der Waals surface area contributed by atoms with Gasteiger partial charge in [0.25, 0.3) is 5.56 Å². The van der Waals surface area contributed by atoms with Crippen LogP contribution in [0.4, 0.5) is 0 Å². The molecule has 3 rings (SSSR count). The van der Waals surface area contributed by atoms with Gasteiger partial charge >= 0.3 is 5.69 Å². The minimum absolute atomic E-state index is 0. The molecule has 0 amide bonds. The van der Waals surface area contributed by atoms with Crippen LogP contribution in [0, 0.1) is 0 Å². The maximum Gasteiger partial charge on any atom is 0.332 e. The van der Waals surface area contributed by atoms with Gasteiger partial charge in [-0.15, -0.1) is 12.4 Å². The normalized spacial score (nSPS) is 11.8. The Morgan fingerprint density at radius 3 is 2.36 bits per heavy atom. The van der Waals surface area contributed by atoms with E-state index in [0.717, 1.165) is 23.2 Å². The number of aryl methyl sites for hydroxylation is 1. The number of nitrogens with zero attached hydrogens (tertiary/aromatic N) is 6. The van der Waals surface area contributed by atoms with Gasteiger partial charge in [-0.25, -0.2) is 4.79 Å². The van der Waals surface area contributed by atoms with Crippen LogP contribution in [-0.4, -0.2) is 48.6 Å². The second-order valence-corrected chi connectivity index (χ2v) is 6.80. The zero-order chi connectivity index (χ0) is 17.8. The molecule has 3 aromatic rings. The molecule has 0 saturated heterocycles. The van der Waals surface area contributed by atoms with E-state index >= 15 is 0 Å². The molecule has 138 valence electrons.